The number of anilines is 1. The van der Waals surface area contributed by atoms with E-state index in [2.05, 4.69) is 21.0 Å². The smallest absolute Gasteiger partial charge is 0.280 e. The van der Waals surface area contributed by atoms with E-state index in [9.17, 15) is 26.7 Å². The minimum Gasteiger partial charge on any atom is -0.493 e. The Morgan fingerprint density at radius 3 is 2.36 bits per heavy atom. The monoisotopic (exact) mass is 610 g/mol. The molecule has 39 heavy (non-hydrogen) atoms. The summed E-state index contributed by atoms with van der Waals surface area (Å²) in [5.74, 6) is -10.3. The molecule has 0 bridgehead atoms. The van der Waals surface area contributed by atoms with Crippen molar-refractivity contribution in [3.63, 3.8) is 0 Å². The highest BCUT2D eigenvalue weighted by Crippen LogP contribution is 2.40. The Kier molecular flexibility index (Phi) is 6.93. The number of fused-ring (bicyclic) bond motifs is 1. The summed E-state index contributed by atoms with van der Waals surface area (Å²) in [6.45, 7) is 1.65. The fourth-order valence-corrected chi connectivity index (χ4v) is 4.51. The molecule has 202 valence electrons. The SMILES string of the molecule is COc1cc(/C=C2/C(=O)N(c3c(F)c(F)c(F)c(F)c3F)N=C2C)cc(Br)c1OCc1ccc2c(c1)OCO2. The summed E-state index contributed by atoms with van der Waals surface area (Å²) in [7, 11) is 1.41. The van der Waals surface area contributed by atoms with Crippen molar-refractivity contribution in [2.24, 2.45) is 5.10 Å². The van der Waals surface area contributed by atoms with Gasteiger partial charge in [-0.05, 0) is 64.3 Å². The molecule has 2 aliphatic heterocycles. The van der Waals surface area contributed by atoms with Gasteiger partial charge in [-0.1, -0.05) is 6.07 Å². The van der Waals surface area contributed by atoms with Gasteiger partial charge < -0.3 is 18.9 Å². The van der Waals surface area contributed by atoms with Crippen LogP contribution < -0.4 is 24.0 Å². The molecule has 2 aliphatic rings. The van der Waals surface area contributed by atoms with Crippen molar-refractivity contribution < 1.29 is 45.7 Å². The molecule has 0 saturated heterocycles. The second-order valence-electron chi connectivity index (χ2n) is 8.29. The number of methoxy groups -OCH3 is 1. The maximum absolute atomic E-state index is 14.3. The topological polar surface area (TPSA) is 69.6 Å². The van der Waals surface area contributed by atoms with Gasteiger partial charge >= 0.3 is 0 Å². The van der Waals surface area contributed by atoms with Crippen LogP contribution in [0.1, 0.15) is 18.1 Å². The lowest BCUT2D eigenvalue weighted by Gasteiger charge is -2.15. The van der Waals surface area contributed by atoms with Gasteiger partial charge in [-0.2, -0.15) is 10.1 Å². The Morgan fingerprint density at radius 2 is 1.67 bits per heavy atom. The number of nitrogens with zero attached hydrogens (tertiary/aromatic N) is 2. The summed E-state index contributed by atoms with van der Waals surface area (Å²) < 4.78 is 92.0. The number of hydrogen-bond acceptors (Lipinski definition) is 6. The standard InChI is InChI=1S/C26H16BrF5N2O5/c1-11-14(26(35)34(33-11)24-22(31)20(29)19(28)21(30)23(24)32)5-13-6-15(27)25(18(8-13)36-2)37-9-12-3-4-16-17(7-12)39-10-38-16/h3-8H,9-10H2,1-2H3/b14-5+. The zero-order valence-electron chi connectivity index (χ0n) is 20.1. The molecule has 1 amide bonds. The van der Waals surface area contributed by atoms with Crippen LogP contribution in [-0.2, 0) is 11.4 Å². The van der Waals surface area contributed by atoms with Crippen molar-refractivity contribution in [1.82, 2.24) is 0 Å². The molecular formula is C26H16BrF5N2O5. The number of halogens is 6. The maximum Gasteiger partial charge on any atom is 0.280 e. The third-order valence-corrected chi connectivity index (χ3v) is 6.43. The Morgan fingerprint density at radius 1 is 1.00 bits per heavy atom. The van der Waals surface area contributed by atoms with E-state index in [1.807, 2.05) is 6.07 Å². The van der Waals surface area contributed by atoms with Crippen molar-refractivity contribution >= 4 is 39.3 Å². The number of ether oxygens (including phenoxy) is 4. The van der Waals surface area contributed by atoms with Gasteiger partial charge in [-0.15, -0.1) is 0 Å². The van der Waals surface area contributed by atoms with Gasteiger partial charge in [0.05, 0.1) is 22.9 Å². The number of carbonyl (C=O) groups excluding carboxylic acids is 1. The molecule has 0 radical (unpaired) electrons. The van der Waals surface area contributed by atoms with Crippen molar-refractivity contribution in [3.05, 3.63) is 80.6 Å². The van der Waals surface area contributed by atoms with Gasteiger partial charge in [0.1, 0.15) is 12.3 Å². The van der Waals surface area contributed by atoms with E-state index in [0.29, 0.717) is 27.3 Å². The molecule has 0 N–H and O–H groups in total. The number of hydrogen-bond donors (Lipinski definition) is 0. The summed E-state index contributed by atoms with van der Waals surface area (Å²) in [4.78, 5) is 13.0. The molecule has 0 saturated carbocycles. The number of rotatable bonds is 6. The van der Waals surface area contributed by atoms with E-state index in [0.717, 1.165) is 5.56 Å². The van der Waals surface area contributed by atoms with Crippen molar-refractivity contribution in [2.75, 3.05) is 18.9 Å². The van der Waals surface area contributed by atoms with Crippen molar-refractivity contribution in [3.8, 4) is 23.0 Å². The predicted octanol–water partition coefficient (Wildman–Crippen LogP) is 6.27. The van der Waals surface area contributed by atoms with Crippen LogP contribution in [0.3, 0.4) is 0 Å². The van der Waals surface area contributed by atoms with Gasteiger partial charge in [-0.3, -0.25) is 4.79 Å². The van der Waals surface area contributed by atoms with Crippen LogP contribution in [0.2, 0.25) is 0 Å². The summed E-state index contributed by atoms with van der Waals surface area (Å²) in [6, 6.07) is 8.49. The number of amides is 1. The molecule has 0 spiro atoms. The molecule has 3 aromatic rings. The van der Waals surface area contributed by atoms with E-state index in [1.165, 1.54) is 26.2 Å². The molecule has 0 aliphatic carbocycles. The molecule has 0 atom stereocenters. The van der Waals surface area contributed by atoms with E-state index in [4.69, 9.17) is 18.9 Å². The zero-order chi connectivity index (χ0) is 28.0. The quantitative estimate of drug-likeness (QED) is 0.142. The largest absolute Gasteiger partial charge is 0.493 e. The van der Waals surface area contributed by atoms with Crippen LogP contribution >= 0.6 is 15.9 Å². The van der Waals surface area contributed by atoms with Crippen LogP contribution in [0.25, 0.3) is 6.08 Å². The first-order chi connectivity index (χ1) is 18.6. The average Bonchev–Trinajstić information content (AvgIpc) is 3.49. The fourth-order valence-electron chi connectivity index (χ4n) is 3.93. The Bertz CT molecular complexity index is 1560. The Labute approximate surface area is 226 Å². The molecule has 0 fully saturated rings. The third kappa shape index (κ3) is 4.67. The van der Waals surface area contributed by atoms with Crippen LogP contribution in [0, 0.1) is 29.1 Å². The molecule has 2 heterocycles. The molecule has 13 heteroatoms. The summed E-state index contributed by atoms with van der Waals surface area (Å²) in [5.41, 5.74) is -0.420. The molecule has 5 rings (SSSR count). The number of carbonyl (C=O) groups is 1. The Balaban J connectivity index is 1.42. The molecular weight excluding hydrogens is 595 g/mol. The molecule has 7 nitrogen and oxygen atoms in total. The van der Waals surface area contributed by atoms with Crippen LogP contribution in [0.4, 0.5) is 27.6 Å². The van der Waals surface area contributed by atoms with Gasteiger partial charge in [0.2, 0.25) is 12.6 Å². The van der Waals surface area contributed by atoms with Gasteiger partial charge in [-0.25, -0.2) is 22.0 Å². The summed E-state index contributed by atoms with van der Waals surface area (Å²) in [6.07, 6.45) is 1.34. The fraction of sp³-hybridized carbons (Fsp3) is 0.154. The second-order valence-corrected chi connectivity index (χ2v) is 9.14. The van der Waals surface area contributed by atoms with E-state index >= 15 is 0 Å². The lowest BCUT2D eigenvalue weighted by atomic mass is 10.1. The lowest BCUT2D eigenvalue weighted by Crippen LogP contribution is -2.25. The summed E-state index contributed by atoms with van der Waals surface area (Å²) in [5, 5.41) is 3.88. The maximum atomic E-state index is 14.3. The number of benzene rings is 3. The normalized spacial score (nSPS) is 15.3. The average molecular weight is 611 g/mol. The highest BCUT2D eigenvalue weighted by Gasteiger charge is 2.37. The molecule has 3 aromatic carbocycles. The van der Waals surface area contributed by atoms with E-state index in [1.54, 1.807) is 18.2 Å². The molecule has 0 aromatic heterocycles. The summed E-state index contributed by atoms with van der Waals surface area (Å²) >= 11 is 3.41. The highest BCUT2D eigenvalue weighted by atomic mass is 79.9. The third-order valence-electron chi connectivity index (χ3n) is 5.84. The van der Waals surface area contributed by atoms with Crippen LogP contribution in [0.5, 0.6) is 23.0 Å². The zero-order valence-corrected chi connectivity index (χ0v) is 21.7. The minimum atomic E-state index is -2.34. The first kappa shape index (κ1) is 26.5. The molecule has 0 unspecified atom stereocenters. The Hall–Kier alpha value is -4.13. The van der Waals surface area contributed by atoms with Crippen LogP contribution in [0.15, 0.2) is 45.5 Å². The minimum absolute atomic E-state index is 0.0119. The van der Waals surface area contributed by atoms with E-state index < -0.39 is 40.7 Å². The second kappa shape index (κ2) is 10.2. The van der Waals surface area contributed by atoms with Crippen LogP contribution in [-0.4, -0.2) is 25.5 Å². The number of hydrazone groups is 1. The highest BCUT2D eigenvalue weighted by molar-refractivity contribution is 9.10. The van der Waals surface area contributed by atoms with Gasteiger partial charge in [0, 0.05) is 0 Å². The first-order valence-electron chi connectivity index (χ1n) is 11.1. The predicted molar refractivity (Wildman–Crippen MR) is 132 cm³/mol. The van der Waals surface area contributed by atoms with Gasteiger partial charge in [0.25, 0.3) is 5.91 Å². The van der Waals surface area contributed by atoms with Crippen molar-refractivity contribution in [2.45, 2.75) is 13.5 Å². The first-order valence-corrected chi connectivity index (χ1v) is 11.9. The van der Waals surface area contributed by atoms with E-state index in [-0.39, 0.29) is 35.4 Å². The van der Waals surface area contributed by atoms with Crippen molar-refractivity contribution in [1.29, 1.82) is 0 Å². The lowest BCUT2D eigenvalue weighted by molar-refractivity contribution is -0.114. The van der Waals surface area contributed by atoms with Gasteiger partial charge in [0.15, 0.2) is 46.3 Å².